The number of nitrogens with two attached hydrogens (primary N) is 1. The molecular weight excluding hydrogens is 376 g/mol. The number of pyridine rings is 1. The minimum absolute atomic E-state index is 0.139. The van der Waals surface area contributed by atoms with Crippen LogP contribution in [0.1, 0.15) is 5.69 Å². The number of hydrogen-bond donors (Lipinski definition) is 2. The lowest BCUT2D eigenvalue weighted by atomic mass is 9.98. The molecule has 0 bridgehead atoms. The Morgan fingerprint density at radius 3 is 3.00 bits per heavy atom. The van der Waals surface area contributed by atoms with Gasteiger partial charge in [0.25, 0.3) is 0 Å². The maximum atomic E-state index is 12.2. The fourth-order valence-corrected chi connectivity index (χ4v) is 4.41. The normalized spacial score (nSPS) is 17.2. The molecule has 0 spiro atoms. The predicted octanol–water partition coefficient (Wildman–Crippen LogP) is 0.948. The molecule has 0 saturated carbocycles. The number of nitrogens with one attached hydrogen (secondary N) is 1. The second-order valence-corrected chi connectivity index (χ2v) is 7.55. The van der Waals surface area contributed by atoms with Crippen molar-refractivity contribution in [1.82, 2.24) is 19.8 Å². The Balaban J connectivity index is 1.78. The zero-order valence-electron chi connectivity index (χ0n) is 16.7. The van der Waals surface area contributed by atoms with Gasteiger partial charge in [0.2, 0.25) is 5.91 Å². The van der Waals surface area contributed by atoms with Gasteiger partial charge in [-0.15, -0.1) is 0 Å². The smallest absolute Gasteiger partial charge is 0.246 e. The minimum atomic E-state index is -0.172. The van der Waals surface area contributed by atoms with Gasteiger partial charge < -0.3 is 20.5 Å². The van der Waals surface area contributed by atoms with Crippen molar-refractivity contribution in [3.05, 3.63) is 72.2 Å². The van der Waals surface area contributed by atoms with Gasteiger partial charge in [-0.05, 0) is 23.8 Å². The number of amides is 1. The number of hydrogen-bond acceptors (Lipinski definition) is 5. The van der Waals surface area contributed by atoms with Crippen molar-refractivity contribution in [1.29, 1.82) is 0 Å². The molecule has 7 heteroatoms. The predicted molar refractivity (Wildman–Crippen MR) is 117 cm³/mol. The lowest BCUT2D eigenvalue weighted by Gasteiger charge is -2.24. The van der Waals surface area contributed by atoms with E-state index in [9.17, 15) is 4.79 Å². The van der Waals surface area contributed by atoms with E-state index in [4.69, 9.17) is 5.73 Å². The minimum Gasteiger partial charge on any atom is -0.385 e. The molecule has 150 valence electrons. The summed E-state index contributed by atoms with van der Waals surface area (Å²) in [4.78, 5) is 23.2. The zero-order chi connectivity index (χ0) is 21.0. The molecule has 7 nitrogen and oxygen atoms in total. The van der Waals surface area contributed by atoms with Crippen molar-refractivity contribution in [2.24, 2.45) is 10.7 Å². The summed E-state index contributed by atoms with van der Waals surface area (Å²) in [6, 6.07) is 9.93. The highest BCUT2D eigenvalue weighted by atomic mass is 16.2. The van der Waals surface area contributed by atoms with E-state index in [2.05, 4.69) is 39.1 Å². The maximum Gasteiger partial charge on any atom is 0.246 e. The average Bonchev–Trinajstić information content (AvgIpc) is 3.28. The fraction of sp³-hybridized carbons (Fsp3) is 0.174. The van der Waals surface area contributed by atoms with Gasteiger partial charge in [0, 0.05) is 36.3 Å². The molecule has 0 radical (unpaired) electrons. The van der Waals surface area contributed by atoms with Crippen LogP contribution >= 0.6 is 0 Å². The Hall–Kier alpha value is -3.87. The van der Waals surface area contributed by atoms with Crippen molar-refractivity contribution in [3.63, 3.8) is 0 Å². The van der Waals surface area contributed by atoms with Crippen LogP contribution in [0.15, 0.2) is 60.8 Å². The first kappa shape index (κ1) is 18.2. The third kappa shape index (κ3) is 2.48. The first-order valence-corrected chi connectivity index (χ1v) is 9.75. The summed E-state index contributed by atoms with van der Waals surface area (Å²) in [5, 5.41) is 5.05. The Morgan fingerprint density at radius 2 is 2.20 bits per heavy atom. The highest BCUT2D eigenvalue weighted by Gasteiger charge is 2.35. The average molecular weight is 398 g/mol. The molecule has 0 unspecified atom stereocenters. The van der Waals surface area contributed by atoms with Crippen molar-refractivity contribution in [2.75, 3.05) is 13.7 Å². The van der Waals surface area contributed by atoms with E-state index in [1.54, 1.807) is 11.9 Å². The summed E-state index contributed by atoms with van der Waals surface area (Å²) in [5.41, 5.74) is 11.8. The molecule has 1 atom stereocenters. The van der Waals surface area contributed by atoms with Crippen LogP contribution in [-0.4, -0.2) is 40.1 Å². The van der Waals surface area contributed by atoms with Crippen LogP contribution < -0.4 is 21.8 Å². The first-order chi connectivity index (χ1) is 14.5. The highest BCUT2D eigenvalue weighted by molar-refractivity contribution is 5.92. The molecule has 2 aliphatic heterocycles. The van der Waals surface area contributed by atoms with Gasteiger partial charge in [-0.25, -0.2) is 4.99 Å². The van der Waals surface area contributed by atoms with E-state index < -0.39 is 0 Å². The fourth-order valence-electron chi connectivity index (χ4n) is 4.41. The summed E-state index contributed by atoms with van der Waals surface area (Å²) in [7, 11) is 1.77. The van der Waals surface area contributed by atoms with Gasteiger partial charge in [0.1, 0.15) is 18.0 Å². The summed E-state index contributed by atoms with van der Waals surface area (Å²) in [6.45, 7) is 8.94. The summed E-state index contributed by atoms with van der Waals surface area (Å²) < 4.78 is 2.12. The quantitative estimate of drug-likeness (QED) is 0.643. The van der Waals surface area contributed by atoms with E-state index in [0.29, 0.717) is 19.0 Å². The van der Waals surface area contributed by atoms with E-state index in [-0.39, 0.29) is 11.9 Å². The van der Waals surface area contributed by atoms with E-state index in [1.165, 1.54) is 6.08 Å². The van der Waals surface area contributed by atoms with Crippen molar-refractivity contribution >= 4 is 28.2 Å². The number of carbonyl (C=O) groups is 1. The summed E-state index contributed by atoms with van der Waals surface area (Å²) >= 11 is 0. The lowest BCUT2D eigenvalue weighted by Crippen LogP contribution is -2.45. The van der Waals surface area contributed by atoms with Crippen molar-refractivity contribution in [3.8, 4) is 11.1 Å². The van der Waals surface area contributed by atoms with Crippen LogP contribution in [0.2, 0.25) is 0 Å². The number of nitrogens with zero attached hydrogens (tertiary/aromatic N) is 4. The Morgan fingerprint density at radius 1 is 1.40 bits per heavy atom. The number of benzene rings is 1. The van der Waals surface area contributed by atoms with Crippen LogP contribution in [0.3, 0.4) is 0 Å². The number of para-hydroxylation sites is 1. The zero-order valence-corrected chi connectivity index (χ0v) is 16.7. The molecule has 1 aromatic carbocycles. The van der Waals surface area contributed by atoms with Crippen LogP contribution in [-0.2, 0) is 11.3 Å². The van der Waals surface area contributed by atoms with Gasteiger partial charge in [-0.2, -0.15) is 0 Å². The number of aromatic nitrogens is 2. The monoisotopic (exact) mass is 398 g/mol. The Bertz CT molecular complexity index is 1370. The molecule has 4 heterocycles. The van der Waals surface area contributed by atoms with Crippen molar-refractivity contribution < 1.29 is 4.79 Å². The van der Waals surface area contributed by atoms with Gasteiger partial charge in [0.05, 0.1) is 22.5 Å². The van der Waals surface area contributed by atoms with Gasteiger partial charge in [0.15, 0.2) is 0 Å². The van der Waals surface area contributed by atoms with E-state index in [0.717, 1.165) is 44.0 Å². The molecule has 0 fully saturated rings. The molecule has 1 amide bonds. The van der Waals surface area contributed by atoms with Gasteiger partial charge in [-0.3, -0.25) is 9.78 Å². The van der Waals surface area contributed by atoms with E-state index in [1.807, 2.05) is 30.5 Å². The third-order valence-electron chi connectivity index (χ3n) is 5.93. The van der Waals surface area contributed by atoms with Crippen LogP contribution in [0.25, 0.3) is 33.4 Å². The van der Waals surface area contributed by atoms with Gasteiger partial charge >= 0.3 is 0 Å². The molecule has 30 heavy (non-hydrogen) atoms. The standard InChI is InChI=1S/C23H22N6O/c1-4-18(30)28(3)17-11-29-21(13(17)2)19(20-22(24)26-12-27-23(20)29)15-9-14-7-5-6-8-16(14)25-10-15/h4-10,17,26H,1-2,11-12,24H2,3H3/t17-/m0/s1. The molecule has 0 saturated heterocycles. The van der Waals surface area contributed by atoms with E-state index >= 15 is 0 Å². The first-order valence-electron chi connectivity index (χ1n) is 9.75. The molecule has 5 rings (SSSR count). The number of likely N-dealkylation sites (N-methyl/N-ethyl adjacent to an activating group) is 1. The molecule has 0 aliphatic carbocycles. The maximum absolute atomic E-state index is 12.2. The number of carbonyl (C=O) groups excluding carboxylic acids is 1. The largest absolute Gasteiger partial charge is 0.385 e. The molecule has 3 aromatic rings. The topological polar surface area (TPSA) is 88.5 Å². The summed E-state index contributed by atoms with van der Waals surface area (Å²) in [6.07, 6.45) is 3.19. The second-order valence-electron chi connectivity index (χ2n) is 7.55. The number of fused-ring (bicyclic) bond motifs is 4. The van der Waals surface area contributed by atoms with Crippen LogP contribution in [0, 0.1) is 0 Å². The Kier molecular flexibility index (Phi) is 3.99. The Labute approximate surface area is 173 Å². The number of rotatable bonds is 3. The molecule has 3 N–H and O–H groups in total. The second kappa shape index (κ2) is 6.59. The van der Waals surface area contributed by atoms with Gasteiger partial charge in [-0.1, -0.05) is 31.4 Å². The third-order valence-corrected chi connectivity index (χ3v) is 5.93. The van der Waals surface area contributed by atoms with Crippen LogP contribution in [0.5, 0.6) is 0 Å². The molecule has 2 aromatic heterocycles. The van der Waals surface area contributed by atoms with Crippen LogP contribution in [0.4, 0.5) is 0 Å². The lowest BCUT2D eigenvalue weighted by molar-refractivity contribution is -0.125. The molecular formula is C23H22N6O. The van der Waals surface area contributed by atoms with Crippen molar-refractivity contribution in [2.45, 2.75) is 12.6 Å². The SMILES string of the molecule is C=CC(=O)N(C)[C@H]1Cn2c(c(-c3cnc4ccccc4c3)c3c2=NCNC=3N)C1=C. The summed E-state index contributed by atoms with van der Waals surface area (Å²) in [5.74, 6) is 0.448. The highest BCUT2D eigenvalue weighted by Crippen LogP contribution is 2.35. The molecule has 2 aliphatic rings.